The van der Waals surface area contributed by atoms with E-state index in [0.717, 1.165) is 18.2 Å². The Bertz CT molecular complexity index is 627. The Morgan fingerprint density at radius 3 is 2.06 bits per heavy atom. The fourth-order valence-electron chi connectivity index (χ4n) is 1.43. The van der Waals surface area contributed by atoms with Crippen LogP contribution in [0.2, 0.25) is 0 Å². The molecule has 0 atom stereocenters. The molecule has 0 saturated heterocycles. The van der Waals surface area contributed by atoms with E-state index in [4.69, 9.17) is 4.55 Å². The highest BCUT2D eigenvalue weighted by molar-refractivity contribution is 7.85. The summed E-state index contributed by atoms with van der Waals surface area (Å²) in [6, 6.07) is 4.99. The van der Waals surface area contributed by atoms with E-state index in [9.17, 15) is 18.0 Å². The maximum absolute atomic E-state index is 11.3. The standard InChI is InChI=1S/C10H7NO5S/c12-9-5-8(10(13)11-9)6-1-3-7(4-2-6)17(14,15)16/h1-5H,(H,11,12,13)(H,14,15,16). The lowest BCUT2D eigenvalue weighted by molar-refractivity contribution is -0.123. The first-order chi connectivity index (χ1) is 7.88. The van der Waals surface area contributed by atoms with Crippen LogP contribution in [0.4, 0.5) is 0 Å². The van der Waals surface area contributed by atoms with Gasteiger partial charge in [-0.25, -0.2) is 0 Å². The quantitative estimate of drug-likeness (QED) is 0.569. The Kier molecular flexibility index (Phi) is 2.56. The number of hydrogen-bond acceptors (Lipinski definition) is 4. The molecule has 6 nitrogen and oxygen atoms in total. The van der Waals surface area contributed by atoms with Crippen molar-refractivity contribution in [3.05, 3.63) is 35.9 Å². The maximum atomic E-state index is 11.3. The molecule has 0 unspecified atom stereocenters. The maximum Gasteiger partial charge on any atom is 0.294 e. The molecule has 88 valence electrons. The summed E-state index contributed by atoms with van der Waals surface area (Å²) in [7, 11) is -4.25. The van der Waals surface area contributed by atoms with E-state index in [1.165, 1.54) is 12.1 Å². The molecule has 2 rings (SSSR count). The zero-order valence-corrected chi connectivity index (χ0v) is 9.19. The molecular formula is C10H7NO5S. The highest BCUT2D eigenvalue weighted by Crippen LogP contribution is 2.20. The fourth-order valence-corrected chi connectivity index (χ4v) is 1.91. The minimum Gasteiger partial charge on any atom is -0.289 e. The minimum absolute atomic E-state index is 0.164. The number of benzene rings is 1. The van der Waals surface area contributed by atoms with Crippen molar-refractivity contribution in [2.24, 2.45) is 0 Å². The highest BCUT2D eigenvalue weighted by Gasteiger charge is 2.22. The van der Waals surface area contributed by atoms with Crippen LogP contribution in [0.15, 0.2) is 35.2 Å². The summed E-state index contributed by atoms with van der Waals surface area (Å²) >= 11 is 0. The zero-order valence-electron chi connectivity index (χ0n) is 8.38. The van der Waals surface area contributed by atoms with Crippen LogP contribution >= 0.6 is 0 Å². The van der Waals surface area contributed by atoms with Gasteiger partial charge in [0.1, 0.15) is 0 Å². The highest BCUT2D eigenvalue weighted by atomic mass is 32.2. The van der Waals surface area contributed by atoms with Gasteiger partial charge in [-0.05, 0) is 17.7 Å². The van der Waals surface area contributed by atoms with Crippen LogP contribution in [0.3, 0.4) is 0 Å². The SMILES string of the molecule is O=C1C=C(c2ccc(S(=O)(=O)O)cc2)C(=O)N1. The average molecular weight is 253 g/mol. The zero-order chi connectivity index (χ0) is 12.6. The van der Waals surface area contributed by atoms with Crippen molar-refractivity contribution < 1.29 is 22.6 Å². The van der Waals surface area contributed by atoms with Crippen molar-refractivity contribution in [2.75, 3.05) is 0 Å². The number of imide groups is 1. The molecule has 1 aromatic rings. The number of hydrogen-bond donors (Lipinski definition) is 2. The third kappa shape index (κ3) is 2.24. The van der Waals surface area contributed by atoms with E-state index in [1.807, 2.05) is 0 Å². The van der Waals surface area contributed by atoms with Gasteiger partial charge in [0.05, 0.1) is 10.5 Å². The van der Waals surface area contributed by atoms with Crippen molar-refractivity contribution in [2.45, 2.75) is 4.90 Å². The number of rotatable bonds is 2. The second-order valence-electron chi connectivity index (χ2n) is 3.38. The number of amides is 2. The largest absolute Gasteiger partial charge is 0.294 e. The van der Waals surface area contributed by atoms with Gasteiger partial charge in [-0.15, -0.1) is 0 Å². The molecule has 0 radical (unpaired) electrons. The number of carbonyl (C=O) groups is 2. The van der Waals surface area contributed by atoms with E-state index in [0.29, 0.717) is 5.56 Å². The first-order valence-electron chi connectivity index (χ1n) is 4.53. The molecule has 0 spiro atoms. The molecule has 2 amide bonds. The number of nitrogens with one attached hydrogen (secondary N) is 1. The van der Waals surface area contributed by atoms with Gasteiger partial charge in [0.25, 0.3) is 21.9 Å². The van der Waals surface area contributed by atoms with Gasteiger partial charge in [-0.2, -0.15) is 8.42 Å². The van der Waals surface area contributed by atoms with Crippen molar-refractivity contribution in [1.82, 2.24) is 5.32 Å². The molecule has 0 aliphatic carbocycles. The lowest BCUT2D eigenvalue weighted by atomic mass is 10.1. The molecule has 2 N–H and O–H groups in total. The first-order valence-corrected chi connectivity index (χ1v) is 5.97. The van der Waals surface area contributed by atoms with E-state index < -0.39 is 21.9 Å². The fraction of sp³-hybridized carbons (Fsp3) is 0. The van der Waals surface area contributed by atoms with Crippen molar-refractivity contribution >= 4 is 27.5 Å². The van der Waals surface area contributed by atoms with Crippen LogP contribution in [0.5, 0.6) is 0 Å². The van der Waals surface area contributed by atoms with Crippen molar-refractivity contribution in [3.63, 3.8) is 0 Å². The summed E-state index contributed by atoms with van der Waals surface area (Å²) in [6.07, 6.45) is 1.13. The molecule has 7 heteroatoms. The van der Waals surface area contributed by atoms with E-state index >= 15 is 0 Å². The Balaban J connectivity index is 2.41. The van der Waals surface area contributed by atoms with E-state index in [1.54, 1.807) is 0 Å². The van der Waals surface area contributed by atoms with Crippen LogP contribution in [0.25, 0.3) is 5.57 Å². The van der Waals surface area contributed by atoms with Crippen LogP contribution < -0.4 is 5.32 Å². The van der Waals surface area contributed by atoms with Crippen LogP contribution in [-0.2, 0) is 19.7 Å². The molecular weight excluding hydrogens is 246 g/mol. The second kappa shape index (κ2) is 3.79. The van der Waals surface area contributed by atoms with Gasteiger partial charge < -0.3 is 0 Å². The lowest BCUT2D eigenvalue weighted by Gasteiger charge is -2.01. The molecule has 1 aromatic carbocycles. The van der Waals surface area contributed by atoms with Gasteiger partial charge in [-0.1, -0.05) is 12.1 Å². The van der Waals surface area contributed by atoms with Gasteiger partial charge in [-0.3, -0.25) is 19.5 Å². The Morgan fingerprint density at radius 2 is 1.65 bits per heavy atom. The lowest BCUT2D eigenvalue weighted by Crippen LogP contribution is -2.21. The number of carbonyl (C=O) groups excluding carboxylic acids is 2. The molecule has 0 bridgehead atoms. The molecule has 17 heavy (non-hydrogen) atoms. The average Bonchev–Trinajstić information content (AvgIpc) is 2.57. The van der Waals surface area contributed by atoms with Crippen LogP contribution in [0, 0.1) is 0 Å². The molecule has 1 aliphatic heterocycles. The smallest absolute Gasteiger partial charge is 0.289 e. The molecule has 1 aliphatic rings. The van der Waals surface area contributed by atoms with E-state index in [2.05, 4.69) is 5.32 Å². The van der Waals surface area contributed by atoms with Crippen LogP contribution in [0.1, 0.15) is 5.56 Å². The topological polar surface area (TPSA) is 101 Å². The molecule has 0 aromatic heterocycles. The summed E-state index contributed by atoms with van der Waals surface area (Å²) in [5.74, 6) is -1.04. The summed E-state index contributed by atoms with van der Waals surface area (Å²) in [5.41, 5.74) is 0.567. The van der Waals surface area contributed by atoms with Gasteiger partial charge in [0, 0.05) is 6.08 Å². The second-order valence-corrected chi connectivity index (χ2v) is 4.80. The van der Waals surface area contributed by atoms with Crippen LogP contribution in [-0.4, -0.2) is 24.8 Å². The minimum atomic E-state index is -4.25. The third-order valence-electron chi connectivity index (χ3n) is 2.22. The monoisotopic (exact) mass is 253 g/mol. The Morgan fingerprint density at radius 1 is 1.06 bits per heavy atom. The Hall–Kier alpha value is -1.99. The summed E-state index contributed by atoms with van der Waals surface area (Å²) in [5, 5.41) is 2.07. The van der Waals surface area contributed by atoms with Crippen molar-refractivity contribution in [3.8, 4) is 0 Å². The summed E-state index contributed by atoms with van der Waals surface area (Å²) in [4.78, 5) is 21.9. The summed E-state index contributed by atoms with van der Waals surface area (Å²) in [6.45, 7) is 0. The predicted molar refractivity (Wildman–Crippen MR) is 57.4 cm³/mol. The summed E-state index contributed by atoms with van der Waals surface area (Å²) < 4.78 is 30.3. The predicted octanol–water partition coefficient (Wildman–Crippen LogP) is -0.0269. The van der Waals surface area contributed by atoms with Gasteiger partial charge >= 0.3 is 0 Å². The first kappa shape index (κ1) is 11.5. The normalized spacial score (nSPS) is 15.7. The van der Waals surface area contributed by atoms with Gasteiger partial charge in [0.15, 0.2) is 0 Å². The van der Waals surface area contributed by atoms with E-state index in [-0.39, 0.29) is 10.5 Å². The Labute approximate surface area is 96.7 Å². The van der Waals surface area contributed by atoms with Gasteiger partial charge in [0.2, 0.25) is 0 Å². The molecule has 0 fully saturated rings. The third-order valence-corrected chi connectivity index (χ3v) is 3.09. The van der Waals surface area contributed by atoms with Crippen molar-refractivity contribution in [1.29, 1.82) is 0 Å². The molecule has 1 heterocycles. The molecule has 0 saturated carbocycles.